The number of ether oxygens (including phenoxy) is 2. The van der Waals surface area contributed by atoms with Gasteiger partial charge in [0.2, 0.25) is 0 Å². The SMILES string of the molecule is C/C=C/CC(C(=O)OCC)C(=O)OCC. The Labute approximate surface area is 90.2 Å². The third-order valence-electron chi connectivity index (χ3n) is 1.75. The summed E-state index contributed by atoms with van der Waals surface area (Å²) >= 11 is 0. The molecule has 15 heavy (non-hydrogen) atoms. The number of hydrogen-bond acceptors (Lipinski definition) is 4. The maximum atomic E-state index is 11.4. The van der Waals surface area contributed by atoms with Gasteiger partial charge in [-0.2, -0.15) is 0 Å². The van der Waals surface area contributed by atoms with Crippen molar-refractivity contribution in [2.45, 2.75) is 27.2 Å². The molecule has 86 valence electrons. The Morgan fingerprint density at radius 1 is 1.13 bits per heavy atom. The lowest BCUT2D eigenvalue weighted by Crippen LogP contribution is -2.27. The summed E-state index contributed by atoms with van der Waals surface area (Å²) in [6.07, 6.45) is 3.86. The van der Waals surface area contributed by atoms with Crippen molar-refractivity contribution in [1.82, 2.24) is 0 Å². The molecule has 0 heterocycles. The molecule has 4 nitrogen and oxygen atoms in total. The van der Waals surface area contributed by atoms with Gasteiger partial charge in [0, 0.05) is 0 Å². The van der Waals surface area contributed by atoms with E-state index in [1.807, 2.05) is 6.92 Å². The molecule has 0 aliphatic rings. The first kappa shape index (κ1) is 13.7. The molecule has 0 aliphatic heterocycles. The van der Waals surface area contributed by atoms with Crippen molar-refractivity contribution < 1.29 is 19.1 Å². The fourth-order valence-electron chi connectivity index (χ4n) is 1.05. The van der Waals surface area contributed by atoms with Crippen LogP contribution >= 0.6 is 0 Å². The fourth-order valence-corrected chi connectivity index (χ4v) is 1.05. The van der Waals surface area contributed by atoms with Crippen LogP contribution in [0.1, 0.15) is 27.2 Å². The molecular formula is C11H18O4. The maximum absolute atomic E-state index is 11.4. The summed E-state index contributed by atoms with van der Waals surface area (Å²) < 4.78 is 9.59. The van der Waals surface area contributed by atoms with Crippen LogP contribution in [0.5, 0.6) is 0 Å². The van der Waals surface area contributed by atoms with E-state index in [-0.39, 0.29) is 13.2 Å². The van der Waals surface area contributed by atoms with Crippen LogP contribution in [0.3, 0.4) is 0 Å². The summed E-state index contributed by atoms with van der Waals surface area (Å²) in [6.45, 7) is 5.77. The van der Waals surface area contributed by atoms with E-state index < -0.39 is 17.9 Å². The van der Waals surface area contributed by atoms with Gasteiger partial charge in [0.15, 0.2) is 5.92 Å². The molecule has 0 aromatic carbocycles. The van der Waals surface area contributed by atoms with Gasteiger partial charge >= 0.3 is 11.9 Å². The Bertz CT molecular complexity index is 215. The Kier molecular flexibility index (Phi) is 7.32. The molecule has 0 unspecified atom stereocenters. The molecule has 0 fully saturated rings. The van der Waals surface area contributed by atoms with Crippen molar-refractivity contribution in [3.8, 4) is 0 Å². The van der Waals surface area contributed by atoms with Gasteiger partial charge in [0.25, 0.3) is 0 Å². The van der Waals surface area contributed by atoms with E-state index in [2.05, 4.69) is 0 Å². The highest BCUT2D eigenvalue weighted by Crippen LogP contribution is 2.09. The lowest BCUT2D eigenvalue weighted by Gasteiger charge is -2.12. The first-order valence-corrected chi connectivity index (χ1v) is 5.11. The van der Waals surface area contributed by atoms with E-state index >= 15 is 0 Å². The van der Waals surface area contributed by atoms with E-state index in [0.717, 1.165) is 0 Å². The van der Waals surface area contributed by atoms with E-state index in [1.54, 1.807) is 26.0 Å². The predicted molar refractivity (Wildman–Crippen MR) is 56.2 cm³/mol. The van der Waals surface area contributed by atoms with Crippen LogP contribution in [0.4, 0.5) is 0 Å². The van der Waals surface area contributed by atoms with E-state index in [0.29, 0.717) is 6.42 Å². The minimum Gasteiger partial charge on any atom is -0.465 e. The Balaban J connectivity index is 4.41. The van der Waals surface area contributed by atoms with Gasteiger partial charge in [-0.25, -0.2) is 0 Å². The van der Waals surface area contributed by atoms with Crippen molar-refractivity contribution in [1.29, 1.82) is 0 Å². The summed E-state index contributed by atoms with van der Waals surface area (Å²) in [6, 6.07) is 0. The van der Waals surface area contributed by atoms with Crippen LogP contribution < -0.4 is 0 Å². The summed E-state index contributed by atoms with van der Waals surface area (Å²) in [5, 5.41) is 0. The van der Waals surface area contributed by atoms with E-state index in [9.17, 15) is 9.59 Å². The quantitative estimate of drug-likeness (QED) is 0.383. The molecule has 4 heteroatoms. The minimum atomic E-state index is -0.832. The summed E-state index contributed by atoms with van der Waals surface area (Å²) in [7, 11) is 0. The van der Waals surface area contributed by atoms with Gasteiger partial charge in [0.1, 0.15) is 0 Å². The monoisotopic (exact) mass is 214 g/mol. The van der Waals surface area contributed by atoms with Gasteiger partial charge in [-0.05, 0) is 27.2 Å². The lowest BCUT2D eigenvalue weighted by atomic mass is 10.1. The first-order chi connectivity index (χ1) is 7.17. The molecule has 0 aromatic heterocycles. The molecule has 0 aliphatic carbocycles. The van der Waals surface area contributed by atoms with Gasteiger partial charge in [0.05, 0.1) is 13.2 Å². The van der Waals surface area contributed by atoms with Crippen LogP contribution in [0.15, 0.2) is 12.2 Å². The van der Waals surface area contributed by atoms with Gasteiger partial charge in [-0.15, -0.1) is 0 Å². The molecule has 0 amide bonds. The second-order valence-corrected chi connectivity index (χ2v) is 2.86. The molecule has 0 saturated carbocycles. The number of rotatable bonds is 6. The number of carbonyl (C=O) groups excluding carboxylic acids is 2. The number of allylic oxidation sites excluding steroid dienone is 2. The topological polar surface area (TPSA) is 52.6 Å². The highest BCUT2D eigenvalue weighted by atomic mass is 16.6. The molecule has 0 rings (SSSR count). The average Bonchev–Trinajstić information content (AvgIpc) is 2.19. The van der Waals surface area contributed by atoms with Crippen LogP contribution in [0, 0.1) is 5.92 Å². The standard InChI is InChI=1S/C11H18O4/c1-4-7-8-9(10(12)14-5-2)11(13)15-6-3/h4,7,9H,5-6,8H2,1-3H3/b7-4+. The molecule has 0 spiro atoms. The van der Waals surface area contributed by atoms with Gasteiger partial charge in [-0.1, -0.05) is 12.2 Å². The number of esters is 2. The van der Waals surface area contributed by atoms with E-state index in [4.69, 9.17) is 9.47 Å². The normalized spacial score (nSPS) is 10.7. The second-order valence-electron chi connectivity index (χ2n) is 2.86. The highest BCUT2D eigenvalue weighted by molar-refractivity contribution is 5.95. The van der Waals surface area contributed by atoms with Crippen molar-refractivity contribution >= 4 is 11.9 Å². The van der Waals surface area contributed by atoms with E-state index in [1.165, 1.54) is 0 Å². The Morgan fingerprint density at radius 2 is 1.60 bits per heavy atom. The third-order valence-corrected chi connectivity index (χ3v) is 1.75. The zero-order chi connectivity index (χ0) is 11.7. The van der Waals surface area contributed by atoms with Crippen molar-refractivity contribution in [3.05, 3.63) is 12.2 Å². The maximum Gasteiger partial charge on any atom is 0.320 e. The summed E-state index contributed by atoms with van der Waals surface area (Å²) in [5.74, 6) is -1.87. The third kappa shape index (κ3) is 5.20. The van der Waals surface area contributed by atoms with Crippen LogP contribution in [-0.4, -0.2) is 25.2 Å². The smallest absolute Gasteiger partial charge is 0.320 e. The van der Waals surface area contributed by atoms with Crippen LogP contribution in [0.2, 0.25) is 0 Å². The molecule has 0 atom stereocenters. The molecule has 0 N–H and O–H groups in total. The molecular weight excluding hydrogens is 196 g/mol. The summed E-state index contributed by atoms with van der Waals surface area (Å²) in [4.78, 5) is 22.8. The number of hydrogen-bond donors (Lipinski definition) is 0. The molecule has 0 radical (unpaired) electrons. The van der Waals surface area contributed by atoms with Crippen LogP contribution in [0.25, 0.3) is 0 Å². The van der Waals surface area contributed by atoms with Crippen molar-refractivity contribution in [3.63, 3.8) is 0 Å². The highest BCUT2D eigenvalue weighted by Gasteiger charge is 2.27. The van der Waals surface area contributed by atoms with Gasteiger partial charge in [-0.3, -0.25) is 9.59 Å². The van der Waals surface area contributed by atoms with Crippen molar-refractivity contribution in [2.24, 2.45) is 5.92 Å². The Morgan fingerprint density at radius 3 is 1.93 bits per heavy atom. The zero-order valence-electron chi connectivity index (χ0n) is 9.49. The molecule has 0 bridgehead atoms. The summed E-state index contributed by atoms with van der Waals surface area (Å²) in [5.41, 5.74) is 0. The number of carbonyl (C=O) groups is 2. The van der Waals surface area contributed by atoms with Crippen molar-refractivity contribution in [2.75, 3.05) is 13.2 Å². The Hall–Kier alpha value is -1.32. The lowest BCUT2D eigenvalue weighted by molar-refractivity contribution is -0.161. The predicted octanol–water partition coefficient (Wildman–Crippen LogP) is 1.70. The molecule has 0 aromatic rings. The average molecular weight is 214 g/mol. The second kappa shape index (κ2) is 8.03. The largest absolute Gasteiger partial charge is 0.465 e. The van der Waals surface area contributed by atoms with Gasteiger partial charge < -0.3 is 9.47 Å². The van der Waals surface area contributed by atoms with Crippen LogP contribution in [-0.2, 0) is 19.1 Å². The fraction of sp³-hybridized carbons (Fsp3) is 0.636. The molecule has 0 saturated heterocycles. The minimum absolute atomic E-state index is 0.268. The first-order valence-electron chi connectivity index (χ1n) is 5.11. The zero-order valence-corrected chi connectivity index (χ0v) is 9.49.